The van der Waals surface area contributed by atoms with Crippen LogP contribution < -0.4 is 0 Å². The van der Waals surface area contributed by atoms with Gasteiger partial charge in [-0.3, -0.25) is 9.78 Å². The highest BCUT2D eigenvalue weighted by molar-refractivity contribution is 6.02. The third-order valence-electron chi connectivity index (χ3n) is 3.44. The summed E-state index contributed by atoms with van der Waals surface area (Å²) in [6.45, 7) is 0. The summed E-state index contributed by atoms with van der Waals surface area (Å²) in [4.78, 5) is 17.3. The standard InChI is InChI=1S/C19H15NO/c21-19(16-11-5-2-6-12-16)18(15-9-3-1-4-10-15)17-13-7-8-14-20-17/h1-14,18H/t18-/m0/s1. The van der Waals surface area contributed by atoms with Gasteiger partial charge in [-0.05, 0) is 17.7 Å². The number of carbonyl (C=O) groups is 1. The van der Waals surface area contributed by atoms with Gasteiger partial charge in [0.1, 0.15) is 0 Å². The highest BCUT2D eigenvalue weighted by atomic mass is 16.1. The number of ketones is 1. The van der Waals surface area contributed by atoms with Gasteiger partial charge in [0.05, 0.1) is 11.6 Å². The van der Waals surface area contributed by atoms with Crippen LogP contribution in [0.25, 0.3) is 0 Å². The first-order chi connectivity index (χ1) is 10.4. The molecule has 1 heterocycles. The van der Waals surface area contributed by atoms with Crippen molar-refractivity contribution in [1.29, 1.82) is 0 Å². The summed E-state index contributed by atoms with van der Waals surface area (Å²) in [5.74, 6) is -0.296. The van der Waals surface area contributed by atoms with Crippen molar-refractivity contribution in [3.8, 4) is 0 Å². The van der Waals surface area contributed by atoms with E-state index < -0.39 is 0 Å². The van der Waals surface area contributed by atoms with E-state index in [-0.39, 0.29) is 11.7 Å². The summed E-state index contributed by atoms with van der Waals surface area (Å²) in [7, 11) is 0. The van der Waals surface area contributed by atoms with E-state index in [4.69, 9.17) is 0 Å². The van der Waals surface area contributed by atoms with Crippen molar-refractivity contribution in [3.05, 3.63) is 102 Å². The molecule has 1 aromatic heterocycles. The van der Waals surface area contributed by atoms with E-state index >= 15 is 0 Å². The van der Waals surface area contributed by atoms with Gasteiger partial charge in [-0.15, -0.1) is 0 Å². The number of hydrogen-bond acceptors (Lipinski definition) is 2. The van der Waals surface area contributed by atoms with E-state index in [0.717, 1.165) is 11.3 Å². The fourth-order valence-electron chi connectivity index (χ4n) is 2.42. The SMILES string of the molecule is O=C(c1ccccc1)[C@@H](c1ccccc1)c1ccccn1. The molecule has 0 unspecified atom stereocenters. The molecule has 0 N–H and O–H groups in total. The maximum atomic E-state index is 12.9. The number of benzene rings is 2. The largest absolute Gasteiger partial charge is 0.293 e. The van der Waals surface area contributed by atoms with Crippen LogP contribution in [0.15, 0.2) is 85.1 Å². The molecule has 0 aliphatic rings. The zero-order chi connectivity index (χ0) is 14.5. The first-order valence-corrected chi connectivity index (χ1v) is 6.91. The van der Waals surface area contributed by atoms with Crippen molar-refractivity contribution >= 4 is 5.78 Å². The molecule has 0 fully saturated rings. The number of hydrogen-bond donors (Lipinski definition) is 0. The summed E-state index contributed by atoms with van der Waals surface area (Å²) in [5.41, 5.74) is 2.44. The smallest absolute Gasteiger partial charge is 0.176 e. The normalized spacial score (nSPS) is 11.8. The van der Waals surface area contributed by atoms with E-state index in [9.17, 15) is 4.79 Å². The van der Waals surface area contributed by atoms with E-state index in [1.165, 1.54) is 0 Å². The Morgan fingerprint density at radius 1 is 0.762 bits per heavy atom. The number of carbonyl (C=O) groups excluding carboxylic acids is 1. The summed E-state index contributed by atoms with van der Waals surface area (Å²) < 4.78 is 0. The topological polar surface area (TPSA) is 30.0 Å². The van der Waals surface area contributed by atoms with Crippen LogP contribution in [-0.4, -0.2) is 10.8 Å². The number of aromatic nitrogens is 1. The van der Waals surface area contributed by atoms with Gasteiger partial charge in [0, 0.05) is 11.8 Å². The molecule has 3 rings (SSSR count). The highest BCUT2D eigenvalue weighted by Gasteiger charge is 2.24. The molecule has 0 spiro atoms. The van der Waals surface area contributed by atoms with Gasteiger partial charge >= 0.3 is 0 Å². The van der Waals surface area contributed by atoms with Gasteiger partial charge in [-0.2, -0.15) is 0 Å². The predicted octanol–water partition coefficient (Wildman–Crippen LogP) is 4.10. The quantitative estimate of drug-likeness (QED) is 0.670. The van der Waals surface area contributed by atoms with Crippen LogP contribution in [0.2, 0.25) is 0 Å². The van der Waals surface area contributed by atoms with E-state index in [0.29, 0.717) is 5.56 Å². The molecule has 3 aromatic rings. The van der Waals surface area contributed by atoms with Crippen LogP contribution in [0, 0.1) is 0 Å². The van der Waals surface area contributed by atoms with Crippen LogP contribution in [0.4, 0.5) is 0 Å². The second-order valence-corrected chi connectivity index (χ2v) is 4.83. The second kappa shape index (κ2) is 6.14. The average molecular weight is 273 g/mol. The van der Waals surface area contributed by atoms with Gasteiger partial charge in [0.25, 0.3) is 0 Å². The Hall–Kier alpha value is -2.74. The molecule has 0 bridgehead atoms. The third kappa shape index (κ3) is 2.90. The number of rotatable bonds is 4. The Balaban J connectivity index is 2.07. The molecule has 2 heteroatoms. The van der Waals surface area contributed by atoms with Crippen molar-refractivity contribution in [1.82, 2.24) is 4.98 Å². The van der Waals surface area contributed by atoms with Crippen LogP contribution in [0.5, 0.6) is 0 Å². The van der Waals surface area contributed by atoms with Crippen LogP contribution in [-0.2, 0) is 0 Å². The van der Waals surface area contributed by atoms with Crippen molar-refractivity contribution in [2.75, 3.05) is 0 Å². The lowest BCUT2D eigenvalue weighted by Crippen LogP contribution is -2.15. The summed E-state index contributed by atoms with van der Waals surface area (Å²) in [5, 5.41) is 0. The molecule has 2 aromatic carbocycles. The Bertz CT molecular complexity index is 669. The molecule has 21 heavy (non-hydrogen) atoms. The van der Waals surface area contributed by atoms with Gasteiger partial charge in [0.15, 0.2) is 5.78 Å². The Kier molecular flexibility index (Phi) is 3.88. The minimum absolute atomic E-state index is 0.0699. The first-order valence-electron chi connectivity index (χ1n) is 6.91. The lowest BCUT2D eigenvalue weighted by molar-refractivity contribution is 0.0972. The van der Waals surface area contributed by atoms with Crippen LogP contribution in [0.3, 0.4) is 0 Å². The zero-order valence-electron chi connectivity index (χ0n) is 11.5. The monoisotopic (exact) mass is 273 g/mol. The van der Waals surface area contributed by atoms with E-state index in [1.807, 2.05) is 78.9 Å². The van der Waals surface area contributed by atoms with Gasteiger partial charge in [0.2, 0.25) is 0 Å². The second-order valence-electron chi connectivity index (χ2n) is 4.83. The number of pyridine rings is 1. The molecular formula is C19H15NO. The lowest BCUT2D eigenvalue weighted by atomic mass is 9.87. The molecule has 102 valence electrons. The minimum Gasteiger partial charge on any atom is -0.293 e. The Labute approximate surface area is 124 Å². The Morgan fingerprint density at radius 2 is 1.38 bits per heavy atom. The molecule has 0 aliphatic heterocycles. The fourth-order valence-corrected chi connectivity index (χ4v) is 2.42. The van der Waals surface area contributed by atoms with Crippen molar-refractivity contribution in [2.24, 2.45) is 0 Å². The number of Topliss-reactive ketones (excluding diaryl/α,β-unsaturated/α-hetero) is 1. The third-order valence-corrected chi connectivity index (χ3v) is 3.44. The molecule has 0 saturated carbocycles. The summed E-state index contributed by atoms with van der Waals surface area (Å²) >= 11 is 0. The maximum Gasteiger partial charge on any atom is 0.176 e. The minimum atomic E-state index is -0.366. The van der Waals surface area contributed by atoms with Crippen LogP contribution >= 0.6 is 0 Å². The molecule has 0 amide bonds. The van der Waals surface area contributed by atoms with Gasteiger partial charge in [-0.25, -0.2) is 0 Å². The fraction of sp³-hybridized carbons (Fsp3) is 0.0526. The Morgan fingerprint density at radius 3 is 2.00 bits per heavy atom. The molecule has 2 nitrogen and oxygen atoms in total. The highest BCUT2D eigenvalue weighted by Crippen LogP contribution is 2.26. The number of nitrogens with zero attached hydrogens (tertiary/aromatic N) is 1. The molecule has 0 aliphatic carbocycles. The first kappa shape index (κ1) is 13.3. The molecule has 0 saturated heterocycles. The van der Waals surface area contributed by atoms with Gasteiger partial charge < -0.3 is 0 Å². The summed E-state index contributed by atoms with van der Waals surface area (Å²) in [6, 6.07) is 24.8. The predicted molar refractivity (Wildman–Crippen MR) is 83.3 cm³/mol. The molecular weight excluding hydrogens is 258 g/mol. The van der Waals surface area contributed by atoms with Crippen LogP contribution in [0.1, 0.15) is 27.5 Å². The van der Waals surface area contributed by atoms with Crippen molar-refractivity contribution in [3.63, 3.8) is 0 Å². The summed E-state index contributed by atoms with van der Waals surface area (Å²) in [6.07, 6.45) is 1.73. The van der Waals surface area contributed by atoms with Crippen molar-refractivity contribution < 1.29 is 4.79 Å². The molecule has 1 atom stereocenters. The molecule has 0 radical (unpaired) electrons. The average Bonchev–Trinajstić information content (AvgIpc) is 2.58. The maximum absolute atomic E-state index is 12.9. The lowest BCUT2D eigenvalue weighted by Gasteiger charge is -2.16. The van der Waals surface area contributed by atoms with E-state index in [2.05, 4.69) is 4.98 Å². The van der Waals surface area contributed by atoms with E-state index in [1.54, 1.807) is 6.20 Å². The van der Waals surface area contributed by atoms with Crippen molar-refractivity contribution in [2.45, 2.75) is 5.92 Å². The zero-order valence-corrected chi connectivity index (χ0v) is 11.5. The van der Waals surface area contributed by atoms with Gasteiger partial charge in [-0.1, -0.05) is 66.7 Å².